The number of aromatic carboxylic acids is 1. The lowest BCUT2D eigenvalue weighted by Crippen LogP contribution is -2.01. The lowest BCUT2D eigenvalue weighted by molar-refractivity contribution is 0.0693. The number of carboxylic acid groups (broad SMARTS) is 1. The Morgan fingerprint density at radius 1 is 1.50 bits per heavy atom. The molecule has 0 aliphatic heterocycles. The van der Waals surface area contributed by atoms with Crippen molar-refractivity contribution in [3.8, 4) is 0 Å². The number of carboxylic acids is 1. The van der Waals surface area contributed by atoms with Gasteiger partial charge in [-0.25, -0.2) is 9.78 Å². The van der Waals surface area contributed by atoms with E-state index in [0.29, 0.717) is 15.8 Å². The second kappa shape index (κ2) is 4.28. The van der Waals surface area contributed by atoms with Crippen LogP contribution < -0.4 is 5.73 Å². The molecular weight excluding hydrogens is 228 g/mol. The van der Waals surface area contributed by atoms with Gasteiger partial charge in [0.15, 0.2) is 0 Å². The topological polar surface area (TPSA) is 89.4 Å². The number of anilines is 1. The number of nitrogens with zero attached hydrogens (tertiary/aromatic N) is 1. The minimum atomic E-state index is -1.03. The monoisotopic (exact) mass is 236 g/mol. The van der Waals surface area contributed by atoms with Crippen LogP contribution in [-0.4, -0.2) is 16.1 Å². The summed E-state index contributed by atoms with van der Waals surface area (Å²) in [5.74, 6) is -1.03. The Balaban J connectivity index is 2.42. The van der Waals surface area contributed by atoms with Gasteiger partial charge in [0, 0.05) is 5.69 Å². The zero-order valence-electron chi connectivity index (χ0n) is 8.08. The van der Waals surface area contributed by atoms with Crippen LogP contribution in [0.15, 0.2) is 45.2 Å². The summed E-state index contributed by atoms with van der Waals surface area (Å²) in [4.78, 5) is 15.3. The largest absolute Gasteiger partial charge is 0.478 e. The molecule has 0 fully saturated rings. The number of benzene rings is 1. The highest BCUT2D eigenvalue weighted by molar-refractivity contribution is 7.99. The van der Waals surface area contributed by atoms with E-state index in [0.717, 1.165) is 11.8 Å². The average Bonchev–Trinajstić information content (AvgIpc) is 2.73. The summed E-state index contributed by atoms with van der Waals surface area (Å²) in [5.41, 5.74) is 6.26. The van der Waals surface area contributed by atoms with Gasteiger partial charge in [-0.3, -0.25) is 0 Å². The lowest BCUT2D eigenvalue weighted by atomic mass is 10.2. The van der Waals surface area contributed by atoms with Gasteiger partial charge >= 0.3 is 5.97 Å². The summed E-state index contributed by atoms with van der Waals surface area (Å²) in [7, 11) is 0. The molecule has 0 aliphatic carbocycles. The normalized spacial score (nSPS) is 10.2. The van der Waals surface area contributed by atoms with Gasteiger partial charge < -0.3 is 15.3 Å². The fourth-order valence-electron chi connectivity index (χ4n) is 1.19. The molecule has 6 heteroatoms. The number of aromatic nitrogens is 1. The first-order chi connectivity index (χ1) is 7.68. The highest BCUT2D eigenvalue weighted by Crippen LogP contribution is 2.33. The minimum Gasteiger partial charge on any atom is -0.478 e. The number of oxazole rings is 1. The Labute approximate surface area is 95.3 Å². The SMILES string of the molecule is Nc1cccc(C(=O)O)c1Sc1ncco1. The molecule has 0 unspecified atom stereocenters. The Morgan fingerprint density at radius 3 is 2.94 bits per heavy atom. The maximum absolute atomic E-state index is 11.0. The average molecular weight is 236 g/mol. The van der Waals surface area contributed by atoms with Crippen molar-refractivity contribution in [3.63, 3.8) is 0 Å². The van der Waals surface area contributed by atoms with Crippen molar-refractivity contribution in [2.45, 2.75) is 10.1 Å². The summed E-state index contributed by atoms with van der Waals surface area (Å²) >= 11 is 1.09. The molecule has 16 heavy (non-hydrogen) atoms. The van der Waals surface area contributed by atoms with E-state index in [4.69, 9.17) is 15.3 Å². The van der Waals surface area contributed by atoms with Crippen LogP contribution in [0.2, 0.25) is 0 Å². The molecule has 5 nitrogen and oxygen atoms in total. The number of nitrogen functional groups attached to an aromatic ring is 1. The van der Waals surface area contributed by atoms with E-state index in [2.05, 4.69) is 4.98 Å². The van der Waals surface area contributed by atoms with Crippen molar-refractivity contribution >= 4 is 23.4 Å². The smallest absolute Gasteiger partial charge is 0.336 e. The molecule has 0 saturated carbocycles. The van der Waals surface area contributed by atoms with E-state index in [-0.39, 0.29) is 5.56 Å². The van der Waals surface area contributed by atoms with Crippen LogP contribution in [0.4, 0.5) is 5.69 Å². The predicted molar refractivity (Wildman–Crippen MR) is 58.4 cm³/mol. The van der Waals surface area contributed by atoms with E-state index in [9.17, 15) is 4.79 Å². The van der Waals surface area contributed by atoms with Gasteiger partial charge in [-0.2, -0.15) is 0 Å². The highest BCUT2D eigenvalue weighted by Gasteiger charge is 2.15. The fraction of sp³-hybridized carbons (Fsp3) is 0. The number of rotatable bonds is 3. The van der Waals surface area contributed by atoms with Crippen molar-refractivity contribution in [2.75, 3.05) is 5.73 Å². The first kappa shape index (κ1) is 10.6. The van der Waals surface area contributed by atoms with Gasteiger partial charge in [0.2, 0.25) is 0 Å². The zero-order chi connectivity index (χ0) is 11.5. The summed E-state index contributed by atoms with van der Waals surface area (Å²) in [6, 6.07) is 4.72. The van der Waals surface area contributed by atoms with E-state index in [1.165, 1.54) is 18.5 Å². The molecule has 0 atom stereocenters. The van der Waals surface area contributed by atoms with Crippen molar-refractivity contribution in [3.05, 3.63) is 36.2 Å². The highest BCUT2D eigenvalue weighted by atomic mass is 32.2. The molecule has 3 N–H and O–H groups in total. The number of hydrogen-bond donors (Lipinski definition) is 2. The van der Waals surface area contributed by atoms with Crippen LogP contribution in [0, 0.1) is 0 Å². The van der Waals surface area contributed by atoms with Crippen molar-refractivity contribution in [2.24, 2.45) is 0 Å². The lowest BCUT2D eigenvalue weighted by Gasteiger charge is -2.05. The van der Waals surface area contributed by atoms with E-state index in [1.54, 1.807) is 12.1 Å². The minimum absolute atomic E-state index is 0.142. The maximum Gasteiger partial charge on any atom is 0.336 e. The molecule has 2 aromatic rings. The number of nitrogens with two attached hydrogens (primary N) is 1. The first-order valence-electron chi connectivity index (χ1n) is 4.37. The Kier molecular flexibility index (Phi) is 2.82. The summed E-state index contributed by atoms with van der Waals surface area (Å²) in [6.07, 6.45) is 2.91. The molecule has 0 saturated heterocycles. The van der Waals surface area contributed by atoms with E-state index in [1.807, 2.05) is 0 Å². The summed E-state index contributed by atoms with van der Waals surface area (Å²) in [5, 5.41) is 9.36. The molecule has 0 amide bonds. The summed E-state index contributed by atoms with van der Waals surface area (Å²) < 4.78 is 5.03. The van der Waals surface area contributed by atoms with E-state index >= 15 is 0 Å². The van der Waals surface area contributed by atoms with Crippen LogP contribution in [0.25, 0.3) is 0 Å². The van der Waals surface area contributed by atoms with Crippen molar-refractivity contribution < 1.29 is 14.3 Å². The third-order valence-electron chi connectivity index (χ3n) is 1.87. The second-order valence-corrected chi connectivity index (χ2v) is 3.89. The van der Waals surface area contributed by atoms with Crippen molar-refractivity contribution in [1.29, 1.82) is 0 Å². The molecule has 0 bridgehead atoms. The van der Waals surface area contributed by atoms with Crippen LogP contribution >= 0.6 is 11.8 Å². The molecule has 1 aromatic heterocycles. The van der Waals surface area contributed by atoms with Gasteiger partial charge in [0.25, 0.3) is 5.22 Å². The Hall–Kier alpha value is -1.95. The van der Waals surface area contributed by atoms with Gasteiger partial charge in [0.05, 0.1) is 16.7 Å². The fourth-order valence-corrected chi connectivity index (χ4v) is 2.03. The standard InChI is InChI=1S/C10H8N2O3S/c11-7-3-1-2-6(9(13)14)8(7)16-10-12-4-5-15-10/h1-5H,11H2,(H,13,14). The first-order valence-corrected chi connectivity index (χ1v) is 5.19. The third-order valence-corrected chi connectivity index (χ3v) is 2.91. The Morgan fingerprint density at radius 2 is 2.31 bits per heavy atom. The van der Waals surface area contributed by atoms with Crippen LogP contribution in [0.1, 0.15) is 10.4 Å². The zero-order valence-corrected chi connectivity index (χ0v) is 8.90. The Bertz CT molecular complexity index is 511. The maximum atomic E-state index is 11.0. The predicted octanol–water partition coefficient (Wildman–Crippen LogP) is 2.11. The second-order valence-electron chi connectivity index (χ2n) is 2.93. The van der Waals surface area contributed by atoms with Gasteiger partial charge in [-0.1, -0.05) is 6.07 Å². The van der Waals surface area contributed by atoms with Gasteiger partial charge in [-0.05, 0) is 23.9 Å². The molecule has 0 spiro atoms. The van der Waals surface area contributed by atoms with Crippen LogP contribution in [-0.2, 0) is 0 Å². The molecule has 2 rings (SSSR count). The van der Waals surface area contributed by atoms with Gasteiger partial charge in [0.1, 0.15) is 6.26 Å². The van der Waals surface area contributed by atoms with Gasteiger partial charge in [-0.15, -0.1) is 0 Å². The van der Waals surface area contributed by atoms with Crippen LogP contribution in [0.3, 0.4) is 0 Å². The van der Waals surface area contributed by atoms with Crippen LogP contribution in [0.5, 0.6) is 0 Å². The molecular formula is C10H8N2O3S. The molecule has 0 aliphatic rings. The van der Waals surface area contributed by atoms with E-state index < -0.39 is 5.97 Å². The third kappa shape index (κ3) is 2.01. The molecule has 0 radical (unpaired) electrons. The number of carbonyl (C=O) groups is 1. The molecule has 1 aromatic carbocycles. The summed E-state index contributed by atoms with van der Waals surface area (Å²) in [6.45, 7) is 0. The number of hydrogen-bond acceptors (Lipinski definition) is 5. The van der Waals surface area contributed by atoms with Crippen molar-refractivity contribution in [1.82, 2.24) is 4.98 Å². The molecule has 1 heterocycles. The quantitative estimate of drug-likeness (QED) is 0.793. The molecule has 82 valence electrons.